The number of halogens is 1. The quantitative estimate of drug-likeness (QED) is 0.892. The lowest BCUT2D eigenvalue weighted by molar-refractivity contribution is 0.181. The average molecular weight is 353 g/mol. The molecule has 0 bridgehead atoms. The lowest BCUT2D eigenvalue weighted by atomic mass is 9.93. The molecule has 2 aromatic rings. The van der Waals surface area contributed by atoms with Crippen molar-refractivity contribution in [3.8, 4) is 0 Å². The van der Waals surface area contributed by atoms with Gasteiger partial charge in [0.05, 0.1) is 6.54 Å². The molecule has 0 aromatic carbocycles. The normalized spacial score (nSPS) is 22.8. The number of imidazole rings is 1. The minimum Gasteiger partial charge on any atom is -0.337 e. The molecule has 2 aromatic heterocycles. The standard InChI is InChI=1S/C15H21ClN6S/c1-21-7-6-18-13(21)10-22(9-11-14(16)23-20-19-11)12-8-15(12)2-4-17-5-3-15/h6-7,12,17H,2-5,8-10H2,1H3. The van der Waals surface area contributed by atoms with E-state index in [1.807, 2.05) is 19.4 Å². The first kappa shape index (κ1) is 15.5. The molecule has 2 aliphatic rings. The monoisotopic (exact) mass is 352 g/mol. The van der Waals surface area contributed by atoms with E-state index in [2.05, 4.69) is 29.4 Å². The summed E-state index contributed by atoms with van der Waals surface area (Å²) in [5.74, 6) is 1.08. The smallest absolute Gasteiger partial charge is 0.138 e. The van der Waals surface area contributed by atoms with Crippen molar-refractivity contribution in [3.63, 3.8) is 0 Å². The van der Waals surface area contributed by atoms with Crippen LogP contribution in [0.1, 0.15) is 30.8 Å². The molecule has 1 saturated heterocycles. The van der Waals surface area contributed by atoms with Crippen LogP contribution in [0.4, 0.5) is 0 Å². The van der Waals surface area contributed by atoms with Gasteiger partial charge in [-0.05, 0) is 37.8 Å². The van der Waals surface area contributed by atoms with Crippen LogP contribution in [0.2, 0.25) is 4.34 Å². The molecule has 1 unspecified atom stereocenters. The number of hydrogen-bond acceptors (Lipinski definition) is 6. The molecule has 1 atom stereocenters. The summed E-state index contributed by atoms with van der Waals surface area (Å²) in [6.07, 6.45) is 7.65. The zero-order valence-corrected chi connectivity index (χ0v) is 14.8. The summed E-state index contributed by atoms with van der Waals surface area (Å²) in [5, 5.41) is 7.68. The van der Waals surface area contributed by atoms with Gasteiger partial charge in [-0.25, -0.2) is 4.98 Å². The number of nitrogens with zero attached hydrogens (tertiary/aromatic N) is 5. The molecule has 3 heterocycles. The van der Waals surface area contributed by atoms with Crippen molar-refractivity contribution in [1.82, 2.24) is 29.4 Å². The molecule has 6 nitrogen and oxygen atoms in total. The minimum absolute atomic E-state index is 0.479. The topological polar surface area (TPSA) is 58.9 Å². The van der Waals surface area contributed by atoms with Gasteiger partial charge in [0.2, 0.25) is 0 Å². The second-order valence-corrected chi connectivity index (χ2v) is 8.04. The molecule has 8 heteroatoms. The van der Waals surface area contributed by atoms with E-state index < -0.39 is 0 Å². The summed E-state index contributed by atoms with van der Waals surface area (Å²) in [6, 6.07) is 0.596. The van der Waals surface area contributed by atoms with Gasteiger partial charge in [0.25, 0.3) is 0 Å². The summed E-state index contributed by atoms with van der Waals surface area (Å²) in [7, 11) is 2.05. The summed E-state index contributed by atoms with van der Waals surface area (Å²) < 4.78 is 6.77. The molecule has 1 aliphatic heterocycles. The molecule has 2 fully saturated rings. The molecule has 1 saturated carbocycles. The third kappa shape index (κ3) is 3.03. The highest BCUT2D eigenvalue weighted by molar-refractivity contribution is 7.10. The van der Waals surface area contributed by atoms with Crippen molar-refractivity contribution in [2.75, 3.05) is 13.1 Å². The van der Waals surface area contributed by atoms with Gasteiger partial charge in [0.15, 0.2) is 0 Å². The summed E-state index contributed by atoms with van der Waals surface area (Å²) in [5.41, 5.74) is 1.37. The molecule has 1 spiro atoms. The Bertz CT molecular complexity index is 635. The first-order chi connectivity index (χ1) is 11.2. The Labute approximate surface area is 145 Å². The number of hydrogen-bond donors (Lipinski definition) is 1. The number of nitrogens with one attached hydrogen (secondary N) is 1. The second kappa shape index (κ2) is 6.12. The highest BCUT2D eigenvalue weighted by atomic mass is 35.5. The summed E-state index contributed by atoms with van der Waals surface area (Å²) in [6.45, 7) is 3.84. The van der Waals surface area contributed by atoms with Crippen molar-refractivity contribution in [2.24, 2.45) is 12.5 Å². The van der Waals surface area contributed by atoms with Crippen molar-refractivity contribution in [3.05, 3.63) is 28.2 Å². The molecule has 0 radical (unpaired) electrons. The highest BCUT2D eigenvalue weighted by Crippen LogP contribution is 2.56. The van der Waals surface area contributed by atoms with E-state index in [1.54, 1.807) is 0 Å². The van der Waals surface area contributed by atoms with Crippen LogP contribution in [-0.2, 0) is 20.1 Å². The van der Waals surface area contributed by atoms with E-state index in [4.69, 9.17) is 11.6 Å². The molecule has 1 aliphatic carbocycles. The molecular formula is C15H21ClN6S. The molecule has 23 heavy (non-hydrogen) atoms. The van der Waals surface area contributed by atoms with E-state index in [-0.39, 0.29) is 0 Å². The second-order valence-electron chi connectivity index (χ2n) is 6.68. The molecule has 4 rings (SSSR count). The van der Waals surface area contributed by atoms with Crippen molar-refractivity contribution >= 4 is 23.1 Å². The zero-order chi connectivity index (χ0) is 15.9. The van der Waals surface area contributed by atoms with E-state index in [1.165, 1.54) is 30.8 Å². The van der Waals surface area contributed by atoms with Crippen LogP contribution in [0, 0.1) is 5.41 Å². The van der Waals surface area contributed by atoms with Crippen molar-refractivity contribution < 1.29 is 0 Å². The van der Waals surface area contributed by atoms with Gasteiger partial charge in [-0.1, -0.05) is 16.1 Å². The Hall–Kier alpha value is -1.02. The van der Waals surface area contributed by atoms with Crippen LogP contribution < -0.4 is 5.32 Å². The number of aromatic nitrogens is 4. The van der Waals surface area contributed by atoms with Crippen molar-refractivity contribution in [2.45, 2.75) is 38.4 Å². The average Bonchev–Trinajstić information content (AvgIpc) is 2.86. The Morgan fingerprint density at radius 1 is 1.43 bits per heavy atom. The lowest BCUT2D eigenvalue weighted by Crippen LogP contribution is -2.36. The van der Waals surface area contributed by atoms with Gasteiger partial charge < -0.3 is 9.88 Å². The fraction of sp³-hybridized carbons (Fsp3) is 0.667. The third-order valence-corrected chi connectivity index (χ3v) is 6.30. The van der Waals surface area contributed by atoms with Gasteiger partial charge in [0.1, 0.15) is 15.9 Å². The first-order valence-corrected chi connectivity index (χ1v) is 9.21. The fourth-order valence-corrected chi connectivity index (χ4v) is 4.41. The van der Waals surface area contributed by atoms with Gasteiger partial charge in [0, 0.05) is 43.6 Å². The molecular weight excluding hydrogens is 332 g/mol. The Morgan fingerprint density at radius 3 is 2.91 bits per heavy atom. The minimum atomic E-state index is 0.479. The van der Waals surface area contributed by atoms with Crippen LogP contribution >= 0.6 is 23.1 Å². The van der Waals surface area contributed by atoms with E-state index in [0.29, 0.717) is 15.8 Å². The first-order valence-electron chi connectivity index (χ1n) is 8.06. The predicted octanol–water partition coefficient (Wildman–Crippen LogP) is 2.07. The van der Waals surface area contributed by atoms with E-state index in [0.717, 1.165) is 37.7 Å². The molecule has 0 amide bonds. The Kier molecular flexibility index (Phi) is 4.13. The van der Waals surface area contributed by atoms with Crippen LogP contribution in [-0.4, -0.2) is 43.2 Å². The number of rotatable bonds is 5. The maximum atomic E-state index is 6.24. The SMILES string of the molecule is Cn1ccnc1CN(Cc1nnsc1Cl)C1CC12CCNCC2. The maximum absolute atomic E-state index is 6.24. The Balaban J connectivity index is 1.54. The molecule has 1 N–H and O–H groups in total. The van der Waals surface area contributed by atoms with E-state index >= 15 is 0 Å². The van der Waals surface area contributed by atoms with Crippen LogP contribution in [0.3, 0.4) is 0 Å². The van der Waals surface area contributed by atoms with Gasteiger partial charge >= 0.3 is 0 Å². The summed E-state index contributed by atoms with van der Waals surface area (Å²) >= 11 is 7.50. The van der Waals surface area contributed by atoms with Gasteiger partial charge in [-0.2, -0.15) is 0 Å². The van der Waals surface area contributed by atoms with E-state index in [9.17, 15) is 0 Å². The Morgan fingerprint density at radius 2 is 2.26 bits per heavy atom. The van der Waals surface area contributed by atoms with Crippen LogP contribution in [0.25, 0.3) is 0 Å². The predicted molar refractivity (Wildman–Crippen MR) is 90.3 cm³/mol. The summed E-state index contributed by atoms with van der Waals surface area (Å²) in [4.78, 5) is 6.99. The number of piperidine rings is 1. The van der Waals surface area contributed by atoms with Crippen LogP contribution in [0.5, 0.6) is 0 Å². The number of aryl methyl sites for hydroxylation is 1. The van der Waals surface area contributed by atoms with Gasteiger partial charge in [-0.15, -0.1) is 5.10 Å². The largest absolute Gasteiger partial charge is 0.337 e. The van der Waals surface area contributed by atoms with Crippen LogP contribution in [0.15, 0.2) is 12.4 Å². The third-order valence-electron chi connectivity index (χ3n) is 5.31. The fourth-order valence-electron chi connectivity index (χ4n) is 3.80. The zero-order valence-electron chi connectivity index (χ0n) is 13.2. The molecule has 124 valence electrons. The highest BCUT2D eigenvalue weighted by Gasteiger charge is 2.56. The van der Waals surface area contributed by atoms with Crippen molar-refractivity contribution in [1.29, 1.82) is 0 Å². The maximum Gasteiger partial charge on any atom is 0.138 e. The van der Waals surface area contributed by atoms with Gasteiger partial charge in [-0.3, -0.25) is 4.90 Å². The lowest BCUT2D eigenvalue weighted by Gasteiger charge is -2.29.